The van der Waals surface area contributed by atoms with Gasteiger partial charge in [-0.15, -0.1) is 0 Å². The van der Waals surface area contributed by atoms with Gasteiger partial charge in [0.05, 0.1) is 5.56 Å². The van der Waals surface area contributed by atoms with E-state index in [0.29, 0.717) is 11.3 Å². The van der Waals surface area contributed by atoms with Gasteiger partial charge in [0, 0.05) is 3.57 Å². The van der Waals surface area contributed by atoms with E-state index >= 15 is 0 Å². The zero-order valence-electron chi connectivity index (χ0n) is 9.75. The Labute approximate surface area is 122 Å². The van der Waals surface area contributed by atoms with Crippen LogP contribution in [0.1, 0.15) is 11.1 Å². The minimum absolute atomic E-state index is 0.248. The van der Waals surface area contributed by atoms with Crippen molar-refractivity contribution in [3.05, 3.63) is 63.2 Å². The Balaban J connectivity index is 2.01. The van der Waals surface area contributed by atoms with Crippen molar-refractivity contribution in [1.82, 2.24) is 0 Å². The summed E-state index contributed by atoms with van der Waals surface area (Å²) < 4.78 is 43.7. The maximum absolute atomic E-state index is 12.4. The predicted octanol–water partition coefficient (Wildman–Crippen LogP) is 4.89. The van der Waals surface area contributed by atoms with Crippen LogP contribution in [0.3, 0.4) is 0 Å². The first-order valence-corrected chi connectivity index (χ1v) is 6.57. The second kappa shape index (κ2) is 5.81. The average Bonchev–Trinajstić information content (AvgIpc) is 2.36. The van der Waals surface area contributed by atoms with Gasteiger partial charge in [0.1, 0.15) is 12.4 Å². The second-order valence-corrected chi connectivity index (χ2v) is 5.19. The van der Waals surface area contributed by atoms with E-state index in [1.54, 1.807) is 0 Å². The molecule has 2 aromatic carbocycles. The lowest BCUT2D eigenvalue weighted by Gasteiger charge is -2.09. The Morgan fingerprint density at radius 3 is 2.26 bits per heavy atom. The molecular weight excluding hydrogens is 368 g/mol. The maximum atomic E-state index is 12.4. The summed E-state index contributed by atoms with van der Waals surface area (Å²) >= 11 is 2.17. The summed E-state index contributed by atoms with van der Waals surface area (Å²) in [5, 5.41) is 0. The van der Waals surface area contributed by atoms with E-state index in [1.165, 1.54) is 12.1 Å². The summed E-state index contributed by atoms with van der Waals surface area (Å²) in [7, 11) is 0. The molecule has 1 nitrogen and oxygen atoms in total. The molecule has 5 heteroatoms. The van der Waals surface area contributed by atoms with E-state index in [4.69, 9.17) is 4.74 Å². The zero-order chi connectivity index (χ0) is 13.9. The number of halogens is 4. The summed E-state index contributed by atoms with van der Waals surface area (Å²) in [4.78, 5) is 0. The van der Waals surface area contributed by atoms with Crippen LogP contribution in [0.15, 0.2) is 48.5 Å². The molecule has 0 N–H and O–H groups in total. The number of hydrogen-bond acceptors (Lipinski definition) is 1. The number of alkyl halides is 3. The van der Waals surface area contributed by atoms with E-state index in [1.807, 2.05) is 24.3 Å². The van der Waals surface area contributed by atoms with E-state index in [0.717, 1.165) is 15.7 Å². The molecule has 2 aromatic rings. The third-order valence-corrected chi connectivity index (χ3v) is 3.15. The van der Waals surface area contributed by atoms with Crippen molar-refractivity contribution in [2.75, 3.05) is 0 Å². The highest BCUT2D eigenvalue weighted by atomic mass is 127. The van der Waals surface area contributed by atoms with Gasteiger partial charge in [-0.1, -0.05) is 18.2 Å². The molecule has 0 atom stereocenters. The standard InChI is InChI=1S/C14H10F3IO/c15-14(16,17)11-6-4-10(5-7-11)9-19-13-3-1-2-12(18)8-13/h1-8H,9H2. The highest BCUT2D eigenvalue weighted by molar-refractivity contribution is 14.1. The summed E-state index contributed by atoms with van der Waals surface area (Å²) in [6, 6.07) is 12.5. The van der Waals surface area contributed by atoms with Gasteiger partial charge in [0.25, 0.3) is 0 Å². The van der Waals surface area contributed by atoms with Crippen molar-refractivity contribution in [1.29, 1.82) is 0 Å². The van der Waals surface area contributed by atoms with Crippen LogP contribution in [0.4, 0.5) is 13.2 Å². The molecule has 19 heavy (non-hydrogen) atoms. The van der Waals surface area contributed by atoms with Crippen LogP contribution in [0.25, 0.3) is 0 Å². The van der Waals surface area contributed by atoms with Crippen LogP contribution in [-0.4, -0.2) is 0 Å². The molecule has 0 aliphatic carbocycles. The SMILES string of the molecule is FC(F)(F)c1ccc(COc2cccc(I)c2)cc1. The van der Waals surface area contributed by atoms with Crippen molar-refractivity contribution in [3.63, 3.8) is 0 Å². The van der Waals surface area contributed by atoms with Crippen molar-refractivity contribution >= 4 is 22.6 Å². The van der Waals surface area contributed by atoms with Crippen molar-refractivity contribution in [2.24, 2.45) is 0 Å². The minimum atomic E-state index is -4.30. The molecule has 0 spiro atoms. The number of ether oxygens (including phenoxy) is 1. The Kier molecular flexibility index (Phi) is 4.34. The highest BCUT2D eigenvalue weighted by Crippen LogP contribution is 2.29. The number of hydrogen-bond donors (Lipinski definition) is 0. The second-order valence-electron chi connectivity index (χ2n) is 3.94. The lowest BCUT2D eigenvalue weighted by molar-refractivity contribution is -0.137. The van der Waals surface area contributed by atoms with E-state index in [2.05, 4.69) is 22.6 Å². The lowest BCUT2D eigenvalue weighted by Crippen LogP contribution is -2.05. The topological polar surface area (TPSA) is 9.23 Å². The molecule has 0 amide bonds. The van der Waals surface area contributed by atoms with E-state index in [9.17, 15) is 13.2 Å². The highest BCUT2D eigenvalue weighted by Gasteiger charge is 2.29. The van der Waals surface area contributed by atoms with Gasteiger partial charge >= 0.3 is 6.18 Å². The molecule has 0 saturated heterocycles. The normalized spacial score (nSPS) is 11.4. The molecule has 2 rings (SSSR count). The Morgan fingerprint density at radius 2 is 1.68 bits per heavy atom. The Bertz CT molecular complexity index is 549. The van der Waals surface area contributed by atoms with Gasteiger partial charge in [-0.3, -0.25) is 0 Å². The molecule has 0 bridgehead atoms. The van der Waals surface area contributed by atoms with Crippen LogP contribution in [0, 0.1) is 3.57 Å². The summed E-state index contributed by atoms with van der Waals surface area (Å²) in [5.74, 6) is 0.701. The fraction of sp³-hybridized carbons (Fsp3) is 0.143. The minimum Gasteiger partial charge on any atom is -0.489 e. The molecule has 0 aromatic heterocycles. The van der Waals surface area contributed by atoms with Crippen LogP contribution < -0.4 is 4.74 Å². The lowest BCUT2D eigenvalue weighted by atomic mass is 10.1. The number of benzene rings is 2. The fourth-order valence-electron chi connectivity index (χ4n) is 1.51. The molecule has 0 radical (unpaired) electrons. The molecule has 0 fully saturated rings. The molecule has 0 aliphatic rings. The first-order valence-electron chi connectivity index (χ1n) is 5.50. The van der Waals surface area contributed by atoms with Crippen LogP contribution in [-0.2, 0) is 12.8 Å². The van der Waals surface area contributed by atoms with Crippen LogP contribution >= 0.6 is 22.6 Å². The van der Waals surface area contributed by atoms with E-state index in [-0.39, 0.29) is 6.61 Å². The summed E-state index contributed by atoms with van der Waals surface area (Å²) in [6.07, 6.45) is -4.30. The molecule has 0 unspecified atom stereocenters. The summed E-state index contributed by atoms with van der Waals surface area (Å²) in [5.41, 5.74) is 0.0531. The van der Waals surface area contributed by atoms with Gasteiger partial charge in [0.15, 0.2) is 0 Å². The zero-order valence-corrected chi connectivity index (χ0v) is 11.9. The largest absolute Gasteiger partial charge is 0.489 e. The third-order valence-electron chi connectivity index (χ3n) is 2.48. The smallest absolute Gasteiger partial charge is 0.416 e. The predicted molar refractivity (Wildman–Crippen MR) is 74.9 cm³/mol. The number of rotatable bonds is 3. The Hall–Kier alpha value is -1.24. The molecule has 0 aliphatic heterocycles. The van der Waals surface area contributed by atoms with Crippen LogP contribution in [0.5, 0.6) is 5.75 Å². The quantitative estimate of drug-likeness (QED) is 0.692. The first-order chi connectivity index (χ1) is 8.95. The fourth-order valence-corrected chi connectivity index (χ4v) is 2.03. The monoisotopic (exact) mass is 378 g/mol. The van der Waals surface area contributed by atoms with E-state index < -0.39 is 11.7 Å². The molecular formula is C14H10F3IO. The Morgan fingerprint density at radius 1 is 1.00 bits per heavy atom. The molecule has 0 heterocycles. The average molecular weight is 378 g/mol. The first kappa shape index (κ1) is 14.2. The molecule has 0 saturated carbocycles. The van der Waals surface area contributed by atoms with Crippen LogP contribution in [0.2, 0.25) is 0 Å². The van der Waals surface area contributed by atoms with Gasteiger partial charge < -0.3 is 4.74 Å². The van der Waals surface area contributed by atoms with Crippen molar-refractivity contribution in [2.45, 2.75) is 12.8 Å². The van der Waals surface area contributed by atoms with Gasteiger partial charge in [-0.2, -0.15) is 13.2 Å². The molecule has 100 valence electrons. The van der Waals surface area contributed by atoms with Gasteiger partial charge in [-0.25, -0.2) is 0 Å². The van der Waals surface area contributed by atoms with Crippen molar-refractivity contribution in [3.8, 4) is 5.75 Å². The summed E-state index contributed by atoms with van der Waals surface area (Å²) in [6.45, 7) is 0.248. The third kappa shape index (κ3) is 4.12. The van der Waals surface area contributed by atoms with Crippen molar-refractivity contribution < 1.29 is 17.9 Å². The van der Waals surface area contributed by atoms with Gasteiger partial charge in [0.2, 0.25) is 0 Å². The van der Waals surface area contributed by atoms with Gasteiger partial charge in [-0.05, 0) is 58.5 Å². The maximum Gasteiger partial charge on any atom is 0.416 e.